The zero-order valence-electron chi connectivity index (χ0n) is 12.3. The zero-order valence-corrected chi connectivity index (χ0v) is 12.3. The molecule has 1 amide bonds. The van der Waals surface area contributed by atoms with Crippen molar-refractivity contribution in [3.05, 3.63) is 35.9 Å². The normalized spacial score (nSPS) is 20.2. The third-order valence-electron chi connectivity index (χ3n) is 4.12. The van der Waals surface area contributed by atoms with Crippen LogP contribution in [0.15, 0.2) is 30.3 Å². The molecule has 1 aliphatic rings. The first kappa shape index (κ1) is 14.9. The molecule has 0 radical (unpaired) electrons. The largest absolute Gasteiger partial charge is 0.445 e. The highest BCUT2D eigenvalue weighted by Gasteiger charge is 2.26. The van der Waals surface area contributed by atoms with E-state index >= 15 is 0 Å². The van der Waals surface area contributed by atoms with Crippen molar-refractivity contribution >= 4 is 6.09 Å². The van der Waals surface area contributed by atoms with Gasteiger partial charge in [-0.3, -0.25) is 0 Å². The van der Waals surface area contributed by atoms with Gasteiger partial charge >= 0.3 is 6.09 Å². The van der Waals surface area contributed by atoms with Gasteiger partial charge < -0.3 is 15.0 Å². The number of rotatable bonds is 4. The molecule has 0 aromatic heterocycles. The molecular formula is C16H24N2O2. The maximum absolute atomic E-state index is 12.1. The van der Waals surface area contributed by atoms with Crippen LogP contribution in [0.4, 0.5) is 4.79 Å². The number of hydrogen-bond donors (Lipinski definition) is 1. The molecule has 2 atom stereocenters. The van der Waals surface area contributed by atoms with E-state index in [2.05, 4.69) is 12.2 Å². The van der Waals surface area contributed by atoms with E-state index in [0.717, 1.165) is 18.7 Å². The van der Waals surface area contributed by atoms with Crippen LogP contribution in [-0.2, 0) is 11.3 Å². The quantitative estimate of drug-likeness (QED) is 0.919. The van der Waals surface area contributed by atoms with Gasteiger partial charge in [-0.15, -0.1) is 0 Å². The Balaban J connectivity index is 1.81. The van der Waals surface area contributed by atoms with Gasteiger partial charge in [-0.05, 0) is 44.3 Å². The molecule has 0 bridgehead atoms. The fourth-order valence-electron chi connectivity index (χ4n) is 2.59. The number of hydrogen-bond acceptors (Lipinski definition) is 3. The molecule has 2 rings (SSSR count). The molecule has 1 N–H and O–H groups in total. The van der Waals surface area contributed by atoms with Gasteiger partial charge in [0.2, 0.25) is 0 Å². The Kier molecular flexibility index (Phi) is 5.41. The first-order chi connectivity index (χ1) is 9.68. The van der Waals surface area contributed by atoms with E-state index in [1.54, 1.807) is 4.90 Å². The Morgan fingerprint density at radius 1 is 1.45 bits per heavy atom. The average Bonchev–Trinajstić information content (AvgIpc) is 2.53. The van der Waals surface area contributed by atoms with Crippen LogP contribution in [0.3, 0.4) is 0 Å². The molecule has 1 aliphatic heterocycles. The minimum Gasteiger partial charge on any atom is -0.445 e. The van der Waals surface area contributed by atoms with Gasteiger partial charge in [0.05, 0.1) is 0 Å². The first-order valence-corrected chi connectivity index (χ1v) is 7.32. The topological polar surface area (TPSA) is 41.6 Å². The molecule has 4 nitrogen and oxygen atoms in total. The summed E-state index contributed by atoms with van der Waals surface area (Å²) in [5.41, 5.74) is 1.02. The Morgan fingerprint density at radius 2 is 2.20 bits per heavy atom. The van der Waals surface area contributed by atoms with Crippen LogP contribution in [0, 0.1) is 5.92 Å². The highest BCUT2D eigenvalue weighted by atomic mass is 16.6. The summed E-state index contributed by atoms with van der Waals surface area (Å²) in [5.74, 6) is 0.512. The lowest BCUT2D eigenvalue weighted by Crippen LogP contribution is -2.45. The molecule has 20 heavy (non-hydrogen) atoms. The molecule has 1 aromatic carbocycles. The van der Waals surface area contributed by atoms with Gasteiger partial charge in [0, 0.05) is 13.1 Å². The van der Waals surface area contributed by atoms with Gasteiger partial charge in [0.1, 0.15) is 6.61 Å². The lowest BCUT2D eigenvalue weighted by atomic mass is 9.92. The van der Waals surface area contributed by atoms with Crippen molar-refractivity contribution in [3.63, 3.8) is 0 Å². The van der Waals surface area contributed by atoms with Crippen molar-refractivity contribution in [2.75, 3.05) is 20.1 Å². The third-order valence-corrected chi connectivity index (χ3v) is 4.12. The number of carbonyl (C=O) groups is 1. The monoisotopic (exact) mass is 276 g/mol. The van der Waals surface area contributed by atoms with Gasteiger partial charge in [-0.2, -0.15) is 0 Å². The molecule has 2 unspecified atom stereocenters. The maximum Gasteiger partial charge on any atom is 0.410 e. The molecule has 0 saturated carbocycles. The summed E-state index contributed by atoms with van der Waals surface area (Å²) in [4.78, 5) is 13.8. The third kappa shape index (κ3) is 3.97. The predicted molar refractivity (Wildman–Crippen MR) is 79.4 cm³/mol. The van der Waals surface area contributed by atoms with Crippen LogP contribution >= 0.6 is 0 Å². The van der Waals surface area contributed by atoms with Crippen molar-refractivity contribution < 1.29 is 9.53 Å². The Hall–Kier alpha value is -1.55. The van der Waals surface area contributed by atoms with Crippen molar-refractivity contribution in [1.82, 2.24) is 10.2 Å². The fourth-order valence-corrected chi connectivity index (χ4v) is 2.59. The van der Waals surface area contributed by atoms with Crippen LogP contribution in [0.2, 0.25) is 0 Å². The van der Waals surface area contributed by atoms with E-state index in [1.807, 2.05) is 37.4 Å². The smallest absolute Gasteiger partial charge is 0.410 e. The molecular weight excluding hydrogens is 252 g/mol. The number of nitrogens with one attached hydrogen (secondary N) is 1. The van der Waals surface area contributed by atoms with Gasteiger partial charge in [-0.25, -0.2) is 4.79 Å². The molecule has 4 heteroatoms. The molecule has 0 aliphatic carbocycles. The standard InChI is InChI=1S/C16H24N2O2/c1-13(15-9-6-10-17-11-15)18(2)16(19)20-12-14-7-4-3-5-8-14/h3-5,7-8,13,15,17H,6,9-12H2,1-2H3. The number of carbonyl (C=O) groups excluding carboxylic acids is 1. The van der Waals surface area contributed by atoms with E-state index in [4.69, 9.17) is 4.74 Å². The Labute approximate surface area is 121 Å². The Bertz CT molecular complexity index is 416. The number of piperidine rings is 1. The molecule has 1 heterocycles. The van der Waals surface area contributed by atoms with Crippen molar-refractivity contribution in [1.29, 1.82) is 0 Å². The average molecular weight is 276 g/mol. The summed E-state index contributed by atoms with van der Waals surface area (Å²) in [7, 11) is 1.83. The first-order valence-electron chi connectivity index (χ1n) is 7.32. The van der Waals surface area contributed by atoms with Gasteiger partial charge in [0.15, 0.2) is 0 Å². The van der Waals surface area contributed by atoms with E-state index in [1.165, 1.54) is 12.8 Å². The summed E-state index contributed by atoms with van der Waals surface area (Å²) in [6.45, 7) is 4.50. The molecule has 110 valence electrons. The van der Waals surface area contributed by atoms with E-state index in [9.17, 15) is 4.79 Å². The molecule has 1 saturated heterocycles. The second kappa shape index (κ2) is 7.29. The fraction of sp³-hybridized carbons (Fsp3) is 0.562. The predicted octanol–water partition coefficient (Wildman–Crippen LogP) is 2.64. The second-order valence-electron chi connectivity index (χ2n) is 5.50. The van der Waals surface area contributed by atoms with E-state index < -0.39 is 0 Å². The maximum atomic E-state index is 12.1. The Morgan fingerprint density at radius 3 is 2.85 bits per heavy atom. The minimum atomic E-state index is -0.244. The summed E-state index contributed by atoms with van der Waals surface area (Å²) in [6.07, 6.45) is 2.11. The van der Waals surface area contributed by atoms with Gasteiger partial charge in [0.25, 0.3) is 0 Å². The summed E-state index contributed by atoms with van der Waals surface area (Å²) < 4.78 is 5.37. The van der Waals surface area contributed by atoms with Crippen molar-refractivity contribution in [3.8, 4) is 0 Å². The molecule has 1 fully saturated rings. The molecule has 0 spiro atoms. The summed E-state index contributed by atoms with van der Waals surface area (Å²) in [5, 5.41) is 3.39. The lowest BCUT2D eigenvalue weighted by Gasteiger charge is -2.34. The van der Waals surface area contributed by atoms with E-state index in [-0.39, 0.29) is 12.1 Å². The van der Waals surface area contributed by atoms with Crippen LogP contribution < -0.4 is 5.32 Å². The van der Waals surface area contributed by atoms with Crippen LogP contribution in [-0.4, -0.2) is 37.2 Å². The highest BCUT2D eigenvalue weighted by molar-refractivity contribution is 5.67. The van der Waals surface area contributed by atoms with Crippen LogP contribution in [0.25, 0.3) is 0 Å². The number of nitrogens with zero attached hydrogens (tertiary/aromatic N) is 1. The summed E-state index contributed by atoms with van der Waals surface area (Å²) >= 11 is 0. The van der Waals surface area contributed by atoms with Gasteiger partial charge in [-0.1, -0.05) is 30.3 Å². The van der Waals surface area contributed by atoms with Crippen molar-refractivity contribution in [2.45, 2.75) is 32.4 Å². The second-order valence-corrected chi connectivity index (χ2v) is 5.50. The number of amides is 1. The van der Waals surface area contributed by atoms with Crippen molar-refractivity contribution in [2.24, 2.45) is 5.92 Å². The SMILES string of the molecule is CC(C1CCCNC1)N(C)C(=O)OCc1ccccc1. The molecule has 1 aromatic rings. The highest BCUT2D eigenvalue weighted by Crippen LogP contribution is 2.18. The number of benzene rings is 1. The lowest BCUT2D eigenvalue weighted by molar-refractivity contribution is 0.0791. The van der Waals surface area contributed by atoms with Crippen LogP contribution in [0.5, 0.6) is 0 Å². The van der Waals surface area contributed by atoms with E-state index in [0.29, 0.717) is 12.5 Å². The number of ether oxygens (including phenoxy) is 1. The minimum absolute atomic E-state index is 0.200. The zero-order chi connectivity index (χ0) is 14.4. The summed E-state index contributed by atoms with van der Waals surface area (Å²) in [6, 6.07) is 9.97. The van der Waals surface area contributed by atoms with Crippen LogP contribution in [0.1, 0.15) is 25.3 Å².